The first-order valence-corrected chi connectivity index (χ1v) is 7.91. The molecule has 0 saturated heterocycles. The van der Waals surface area contributed by atoms with Crippen LogP contribution in [0.3, 0.4) is 0 Å². The van der Waals surface area contributed by atoms with E-state index < -0.39 is 0 Å². The lowest BCUT2D eigenvalue weighted by Gasteiger charge is -2.06. The lowest BCUT2D eigenvalue weighted by Crippen LogP contribution is -2.23. The molecule has 1 aromatic heterocycles. The molecule has 0 aliphatic heterocycles. The van der Waals surface area contributed by atoms with Crippen LogP contribution in [0.5, 0.6) is 5.88 Å². The molecule has 3 N–H and O–H groups in total. The van der Waals surface area contributed by atoms with Gasteiger partial charge in [0, 0.05) is 12.6 Å². The fourth-order valence-electron chi connectivity index (χ4n) is 2.08. The Morgan fingerprint density at radius 3 is 2.52 bits per heavy atom. The fourth-order valence-corrected chi connectivity index (χ4v) is 2.08. The molecule has 1 aromatic rings. The maximum atomic E-state index is 9.77. The number of unbranched alkanes of at least 4 members (excludes halogenated alkanes) is 6. The van der Waals surface area contributed by atoms with Crippen LogP contribution in [0.4, 0.5) is 5.95 Å². The van der Waals surface area contributed by atoms with E-state index in [2.05, 4.69) is 16.9 Å². The second-order valence-electron chi connectivity index (χ2n) is 5.06. The topological polar surface area (TPSA) is 85.7 Å². The van der Waals surface area contributed by atoms with E-state index in [0.717, 1.165) is 17.6 Å². The van der Waals surface area contributed by atoms with E-state index in [1.165, 1.54) is 32.1 Å². The molecular weight excluding hydrogens is 268 g/mol. The van der Waals surface area contributed by atoms with Crippen molar-refractivity contribution in [3.05, 3.63) is 11.6 Å². The molecule has 6 nitrogen and oxygen atoms in total. The molecule has 21 heavy (non-hydrogen) atoms. The summed E-state index contributed by atoms with van der Waals surface area (Å²) in [5, 5.41) is 9.77. The van der Waals surface area contributed by atoms with Crippen LogP contribution in [0, 0.1) is 0 Å². The molecule has 1 rings (SSSR count). The largest absolute Gasteiger partial charge is 0.478 e. The first-order chi connectivity index (χ1) is 10.2. The van der Waals surface area contributed by atoms with Gasteiger partial charge in [0.05, 0.1) is 6.61 Å². The SMILES string of the molecule is CCCCCCCCCN=c1cc(OCC)nc(N)n1O. The standard InChI is InChI=1S/C15H28N4O2/c1-3-5-6-7-8-9-10-11-17-13-12-14(21-4-2)18-15(16)19(13)20/h12,20H,3-11H2,1-2H3,(H2,16,18). The molecule has 0 aliphatic carbocycles. The van der Waals surface area contributed by atoms with Gasteiger partial charge in [0.15, 0.2) is 5.49 Å². The second-order valence-corrected chi connectivity index (χ2v) is 5.06. The molecule has 0 bridgehead atoms. The van der Waals surface area contributed by atoms with Gasteiger partial charge in [0.1, 0.15) is 0 Å². The summed E-state index contributed by atoms with van der Waals surface area (Å²) in [4.78, 5) is 8.27. The molecule has 0 aromatic carbocycles. The minimum absolute atomic E-state index is 0.0146. The van der Waals surface area contributed by atoms with E-state index in [-0.39, 0.29) is 5.95 Å². The fraction of sp³-hybridized carbons (Fsp3) is 0.733. The third-order valence-electron chi connectivity index (χ3n) is 3.24. The molecular formula is C15H28N4O2. The van der Waals surface area contributed by atoms with Gasteiger partial charge in [0.2, 0.25) is 11.8 Å². The van der Waals surface area contributed by atoms with Crippen LogP contribution in [0.15, 0.2) is 11.1 Å². The molecule has 0 amide bonds. The van der Waals surface area contributed by atoms with Crippen molar-refractivity contribution in [3.8, 4) is 5.88 Å². The number of nitrogens with two attached hydrogens (primary N) is 1. The van der Waals surface area contributed by atoms with E-state index in [1.807, 2.05) is 6.92 Å². The number of nitrogens with zero attached hydrogens (tertiary/aromatic N) is 3. The van der Waals surface area contributed by atoms with Crippen LogP contribution in [0.25, 0.3) is 0 Å². The van der Waals surface area contributed by atoms with Gasteiger partial charge in [-0.3, -0.25) is 4.99 Å². The maximum absolute atomic E-state index is 9.77. The Labute approximate surface area is 126 Å². The van der Waals surface area contributed by atoms with Crippen LogP contribution in [0.1, 0.15) is 58.8 Å². The molecule has 0 aliphatic rings. The van der Waals surface area contributed by atoms with E-state index in [4.69, 9.17) is 10.5 Å². The molecule has 120 valence electrons. The molecule has 6 heteroatoms. The molecule has 0 fully saturated rings. The first kappa shape index (κ1) is 17.3. The molecule has 0 radical (unpaired) electrons. The van der Waals surface area contributed by atoms with Gasteiger partial charge in [-0.1, -0.05) is 45.4 Å². The molecule has 0 spiro atoms. The summed E-state index contributed by atoms with van der Waals surface area (Å²) in [6, 6.07) is 1.60. The third kappa shape index (κ3) is 6.51. The Kier molecular flexibility index (Phi) is 8.31. The minimum Gasteiger partial charge on any atom is -0.478 e. The number of anilines is 1. The van der Waals surface area contributed by atoms with E-state index in [0.29, 0.717) is 24.5 Å². The third-order valence-corrected chi connectivity index (χ3v) is 3.24. The van der Waals surface area contributed by atoms with Gasteiger partial charge < -0.3 is 15.7 Å². The van der Waals surface area contributed by atoms with Crippen molar-refractivity contribution in [3.63, 3.8) is 0 Å². The quantitative estimate of drug-likeness (QED) is 0.513. The Hall–Kier alpha value is -1.72. The van der Waals surface area contributed by atoms with Gasteiger partial charge in [-0.2, -0.15) is 4.98 Å². The smallest absolute Gasteiger partial charge is 0.239 e. The van der Waals surface area contributed by atoms with Gasteiger partial charge in [0.25, 0.3) is 0 Å². The average molecular weight is 296 g/mol. The lowest BCUT2D eigenvalue weighted by molar-refractivity contribution is 0.172. The summed E-state index contributed by atoms with van der Waals surface area (Å²) in [6.45, 7) is 5.26. The van der Waals surface area contributed by atoms with Crippen LogP contribution >= 0.6 is 0 Å². The number of hydrogen-bond acceptors (Lipinski definition) is 5. The highest BCUT2D eigenvalue weighted by Crippen LogP contribution is 2.07. The van der Waals surface area contributed by atoms with Crippen molar-refractivity contribution >= 4 is 5.95 Å². The second kappa shape index (κ2) is 10.1. The zero-order valence-corrected chi connectivity index (χ0v) is 13.2. The van der Waals surface area contributed by atoms with Crippen LogP contribution in [-0.4, -0.2) is 28.1 Å². The molecule has 0 unspecified atom stereocenters. The van der Waals surface area contributed by atoms with Crippen molar-refractivity contribution < 1.29 is 9.94 Å². The van der Waals surface area contributed by atoms with Gasteiger partial charge in [-0.05, 0) is 13.3 Å². The zero-order valence-electron chi connectivity index (χ0n) is 13.2. The summed E-state index contributed by atoms with van der Waals surface area (Å²) in [6.07, 6.45) is 8.64. The van der Waals surface area contributed by atoms with Crippen LogP contribution in [-0.2, 0) is 0 Å². The van der Waals surface area contributed by atoms with E-state index in [9.17, 15) is 5.21 Å². The molecule has 0 atom stereocenters. The average Bonchev–Trinajstić information content (AvgIpc) is 2.47. The number of aromatic nitrogens is 2. The number of rotatable bonds is 10. The summed E-state index contributed by atoms with van der Waals surface area (Å²) < 4.78 is 6.08. The Morgan fingerprint density at radius 1 is 1.19 bits per heavy atom. The van der Waals surface area contributed by atoms with Gasteiger partial charge >= 0.3 is 0 Å². The summed E-state index contributed by atoms with van der Waals surface area (Å²) in [5.74, 6) is 0.373. The maximum Gasteiger partial charge on any atom is 0.239 e. The van der Waals surface area contributed by atoms with Gasteiger partial charge in [-0.15, -0.1) is 4.73 Å². The Balaban J connectivity index is 2.45. The summed E-state index contributed by atoms with van der Waals surface area (Å²) in [5.41, 5.74) is 6.00. The van der Waals surface area contributed by atoms with Crippen molar-refractivity contribution in [2.45, 2.75) is 58.8 Å². The highest BCUT2D eigenvalue weighted by molar-refractivity contribution is 5.21. The Bertz CT molecular complexity index is 471. The van der Waals surface area contributed by atoms with Gasteiger partial charge in [-0.25, -0.2) is 0 Å². The van der Waals surface area contributed by atoms with Crippen molar-refractivity contribution in [1.82, 2.24) is 9.71 Å². The summed E-state index contributed by atoms with van der Waals surface area (Å²) in [7, 11) is 0. The summed E-state index contributed by atoms with van der Waals surface area (Å²) >= 11 is 0. The van der Waals surface area contributed by atoms with Crippen molar-refractivity contribution in [1.29, 1.82) is 0 Å². The molecule has 1 heterocycles. The van der Waals surface area contributed by atoms with E-state index >= 15 is 0 Å². The predicted octanol–water partition coefficient (Wildman–Crippen LogP) is 2.75. The minimum atomic E-state index is -0.0146. The number of ether oxygens (including phenoxy) is 1. The predicted molar refractivity (Wildman–Crippen MR) is 83.4 cm³/mol. The highest BCUT2D eigenvalue weighted by Gasteiger charge is 2.03. The van der Waals surface area contributed by atoms with Crippen molar-refractivity contribution in [2.24, 2.45) is 4.99 Å². The van der Waals surface area contributed by atoms with Crippen LogP contribution < -0.4 is 16.0 Å². The Morgan fingerprint density at radius 2 is 1.86 bits per heavy atom. The van der Waals surface area contributed by atoms with Crippen LogP contribution in [0.2, 0.25) is 0 Å². The lowest BCUT2D eigenvalue weighted by atomic mass is 10.1. The van der Waals surface area contributed by atoms with Crippen molar-refractivity contribution in [2.75, 3.05) is 18.9 Å². The molecule has 0 saturated carbocycles. The first-order valence-electron chi connectivity index (χ1n) is 7.91. The monoisotopic (exact) mass is 296 g/mol. The zero-order chi connectivity index (χ0) is 15.5. The van der Waals surface area contributed by atoms with E-state index in [1.54, 1.807) is 6.07 Å². The normalized spacial score (nSPS) is 11.8. The number of nitrogen functional groups attached to an aromatic ring is 1. The number of hydrogen-bond donors (Lipinski definition) is 2. The highest BCUT2D eigenvalue weighted by atomic mass is 16.5.